The van der Waals surface area contributed by atoms with Gasteiger partial charge in [0.1, 0.15) is 5.60 Å². The van der Waals surface area contributed by atoms with E-state index in [1.807, 2.05) is 32.5 Å². The van der Waals surface area contributed by atoms with Gasteiger partial charge in [0, 0.05) is 11.8 Å². The van der Waals surface area contributed by atoms with Crippen molar-refractivity contribution in [1.82, 2.24) is 0 Å². The van der Waals surface area contributed by atoms with Crippen molar-refractivity contribution in [3.8, 4) is 0 Å². The molecular formula is C10H16O2S. The first-order valence-corrected chi connectivity index (χ1v) is 5.63. The Morgan fingerprint density at radius 3 is 2.69 bits per heavy atom. The van der Waals surface area contributed by atoms with E-state index in [0.29, 0.717) is 0 Å². The first-order chi connectivity index (χ1) is 5.97. The van der Waals surface area contributed by atoms with Crippen molar-refractivity contribution < 1.29 is 9.53 Å². The van der Waals surface area contributed by atoms with Crippen molar-refractivity contribution in [3.05, 3.63) is 11.6 Å². The van der Waals surface area contributed by atoms with Gasteiger partial charge in [0.15, 0.2) is 0 Å². The first-order valence-electron chi connectivity index (χ1n) is 4.47. The monoisotopic (exact) mass is 200 g/mol. The number of carbonyl (C=O) groups is 1. The number of thioether (sulfide) groups is 1. The predicted octanol–water partition coefficient (Wildman–Crippen LogP) is 2.39. The van der Waals surface area contributed by atoms with E-state index in [9.17, 15) is 4.79 Å². The van der Waals surface area contributed by atoms with Crippen LogP contribution in [0.3, 0.4) is 0 Å². The van der Waals surface area contributed by atoms with Crippen LogP contribution in [0, 0.1) is 0 Å². The Labute approximate surface area is 83.7 Å². The molecule has 0 N–H and O–H groups in total. The molecule has 0 saturated carbocycles. The zero-order chi connectivity index (χ0) is 9.90. The second kappa shape index (κ2) is 4.18. The van der Waals surface area contributed by atoms with Crippen LogP contribution in [0.1, 0.15) is 27.2 Å². The van der Waals surface area contributed by atoms with Gasteiger partial charge < -0.3 is 4.74 Å². The fraction of sp³-hybridized carbons (Fsp3) is 0.700. The minimum absolute atomic E-state index is 0.204. The fourth-order valence-electron chi connectivity index (χ4n) is 1.09. The zero-order valence-corrected chi connectivity index (χ0v) is 9.24. The standard InChI is InChI=1S/C10H16O2S/c1-10(2,3)12-9(11)6-8-4-5-13-7-8/h6H,4-5,7H2,1-3H3/b8-6-. The van der Waals surface area contributed by atoms with Gasteiger partial charge in [-0.3, -0.25) is 0 Å². The minimum Gasteiger partial charge on any atom is -0.457 e. The van der Waals surface area contributed by atoms with Crippen LogP contribution in [-0.4, -0.2) is 23.1 Å². The number of rotatable bonds is 1. The Morgan fingerprint density at radius 2 is 2.23 bits per heavy atom. The molecule has 2 nitrogen and oxygen atoms in total. The number of ether oxygens (including phenoxy) is 1. The molecule has 3 heteroatoms. The number of esters is 1. The van der Waals surface area contributed by atoms with Gasteiger partial charge in [-0.15, -0.1) is 0 Å². The number of carbonyl (C=O) groups excluding carboxylic acids is 1. The highest BCUT2D eigenvalue weighted by atomic mass is 32.2. The summed E-state index contributed by atoms with van der Waals surface area (Å²) in [5, 5.41) is 0. The van der Waals surface area contributed by atoms with E-state index >= 15 is 0 Å². The molecule has 1 fully saturated rings. The smallest absolute Gasteiger partial charge is 0.331 e. The molecule has 13 heavy (non-hydrogen) atoms. The molecule has 1 aliphatic heterocycles. The van der Waals surface area contributed by atoms with Crippen molar-refractivity contribution in [2.45, 2.75) is 32.8 Å². The van der Waals surface area contributed by atoms with Crippen LogP contribution in [0.2, 0.25) is 0 Å². The predicted molar refractivity (Wildman–Crippen MR) is 55.9 cm³/mol. The lowest BCUT2D eigenvalue weighted by Crippen LogP contribution is -2.22. The van der Waals surface area contributed by atoms with Crippen LogP contribution in [0.25, 0.3) is 0 Å². The molecule has 0 aromatic rings. The highest BCUT2D eigenvalue weighted by Gasteiger charge is 2.16. The van der Waals surface area contributed by atoms with Crippen molar-refractivity contribution >= 4 is 17.7 Å². The van der Waals surface area contributed by atoms with Gasteiger partial charge in [0.05, 0.1) is 0 Å². The lowest BCUT2D eigenvalue weighted by Gasteiger charge is -2.18. The molecule has 1 saturated heterocycles. The summed E-state index contributed by atoms with van der Waals surface area (Å²) in [7, 11) is 0. The van der Waals surface area contributed by atoms with Gasteiger partial charge in [0.2, 0.25) is 0 Å². The maximum Gasteiger partial charge on any atom is 0.331 e. The van der Waals surface area contributed by atoms with Gasteiger partial charge in [-0.1, -0.05) is 5.57 Å². The second-order valence-corrected chi connectivity index (χ2v) is 5.24. The van der Waals surface area contributed by atoms with E-state index < -0.39 is 0 Å². The third kappa shape index (κ3) is 4.36. The molecule has 0 unspecified atom stereocenters. The summed E-state index contributed by atoms with van der Waals surface area (Å²) in [5.74, 6) is 1.92. The largest absolute Gasteiger partial charge is 0.457 e. The maximum absolute atomic E-state index is 11.3. The van der Waals surface area contributed by atoms with Gasteiger partial charge in [-0.05, 0) is 32.9 Å². The van der Waals surface area contributed by atoms with Crippen molar-refractivity contribution in [2.24, 2.45) is 0 Å². The molecule has 1 rings (SSSR count). The molecular weight excluding hydrogens is 184 g/mol. The lowest BCUT2D eigenvalue weighted by molar-refractivity contribution is -0.148. The average molecular weight is 200 g/mol. The molecule has 1 heterocycles. The number of hydrogen-bond donors (Lipinski definition) is 0. The summed E-state index contributed by atoms with van der Waals surface area (Å²) in [5.41, 5.74) is 0.833. The van der Waals surface area contributed by atoms with Gasteiger partial charge in [-0.2, -0.15) is 11.8 Å². The minimum atomic E-state index is -0.375. The van der Waals surface area contributed by atoms with Crippen molar-refractivity contribution in [3.63, 3.8) is 0 Å². The van der Waals surface area contributed by atoms with E-state index in [-0.39, 0.29) is 11.6 Å². The third-order valence-electron chi connectivity index (χ3n) is 1.58. The van der Waals surface area contributed by atoms with Gasteiger partial charge in [0.25, 0.3) is 0 Å². The quantitative estimate of drug-likeness (QED) is 0.480. The molecule has 74 valence electrons. The molecule has 0 radical (unpaired) electrons. The average Bonchev–Trinajstić information content (AvgIpc) is 2.34. The summed E-state index contributed by atoms with van der Waals surface area (Å²) >= 11 is 1.87. The Bertz CT molecular complexity index is 218. The van der Waals surface area contributed by atoms with Crippen molar-refractivity contribution in [1.29, 1.82) is 0 Å². The Morgan fingerprint density at radius 1 is 1.54 bits per heavy atom. The van der Waals surface area contributed by atoms with Gasteiger partial charge >= 0.3 is 5.97 Å². The number of hydrogen-bond acceptors (Lipinski definition) is 3. The van der Waals surface area contributed by atoms with Gasteiger partial charge in [-0.25, -0.2) is 4.79 Å². The van der Waals surface area contributed by atoms with E-state index in [1.165, 1.54) is 5.57 Å². The van der Waals surface area contributed by atoms with E-state index in [0.717, 1.165) is 17.9 Å². The summed E-state index contributed by atoms with van der Waals surface area (Å²) in [6.07, 6.45) is 2.68. The topological polar surface area (TPSA) is 26.3 Å². The van der Waals surface area contributed by atoms with Crippen LogP contribution >= 0.6 is 11.8 Å². The van der Waals surface area contributed by atoms with Crippen LogP contribution in [0.4, 0.5) is 0 Å². The molecule has 0 atom stereocenters. The Hall–Kier alpha value is -0.440. The van der Waals surface area contributed by atoms with E-state index in [4.69, 9.17) is 4.74 Å². The Kier molecular flexibility index (Phi) is 3.42. The van der Waals surface area contributed by atoms with Crippen LogP contribution in [0.5, 0.6) is 0 Å². The summed E-state index contributed by atoms with van der Waals surface area (Å²) in [6, 6.07) is 0. The molecule has 0 spiro atoms. The molecule has 0 amide bonds. The Balaban J connectivity index is 2.45. The van der Waals surface area contributed by atoms with Crippen molar-refractivity contribution in [2.75, 3.05) is 11.5 Å². The first kappa shape index (κ1) is 10.6. The molecule has 0 bridgehead atoms. The highest BCUT2D eigenvalue weighted by molar-refractivity contribution is 7.99. The zero-order valence-electron chi connectivity index (χ0n) is 8.42. The lowest BCUT2D eigenvalue weighted by atomic mass is 10.2. The fourth-order valence-corrected chi connectivity index (χ4v) is 2.13. The van der Waals surface area contributed by atoms with Crippen LogP contribution in [-0.2, 0) is 9.53 Å². The third-order valence-corrected chi connectivity index (χ3v) is 2.65. The maximum atomic E-state index is 11.3. The molecule has 0 aromatic carbocycles. The second-order valence-electron chi connectivity index (χ2n) is 4.14. The summed E-state index contributed by atoms with van der Waals surface area (Å²) < 4.78 is 5.18. The molecule has 1 aliphatic rings. The van der Waals surface area contributed by atoms with Crippen LogP contribution in [0.15, 0.2) is 11.6 Å². The molecule has 0 aliphatic carbocycles. The van der Waals surface area contributed by atoms with E-state index in [2.05, 4.69) is 0 Å². The summed E-state index contributed by atoms with van der Waals surface area (Å²) in [6.45, 7) is 5.65. The van der Waals surface area contributed by atoms with Crippen LogP contribution < -0.4 is 0 Å². The summed E-state index contributed by atoms with van der Waals surface area (Å²) in [4.78, 5) is 11.3. The molecule has 0 aromatic heterocycles. The highest BCUT2D eigenvalue weighted by Crippen LogP contribution is 2.22. The SMILES string of the molecule is CC(C)(C)OC(=O)/C=C1/CCSC1. The normalized spacial score (nSPS) is 20.7. The van der Waals surface area contributed by atoms with E-state index in [1.54, 1.807) is 6.08 Å².